The van der Waals surface area contributed by atoms with Gasteiger partial charge in [-0.1, -0.05) is 0 Å². The van der Waals surface area contributed by atoms with E-state index < -0.39 is 5.97 Å². The highest BCUT2D eigenvalue weighted by Gasteiger charge is 2.14. The number of carbonyl (C=O) groups is 1. The maximum absolute atomic E-state index is 10.8. The van der Waals surface area contributed by atoms with Crippen LogP contribution in [0.15, 0.2) is 6.20 Å². The summed E-state index contributed by atoms with van der Waals surface area (Å²) >= 11 is 0. The number of nitrogens with one attached hydrogen (secondary N) is 1. The number of aryl methyl sites for hydroxylation is 2. The molecule has 0 bridgehead atoms. The van der Waals surface area contributed by atoms with Gasteiger partial charge in [-0.05, 0) is 13.8 Å². The fraction of sp³-hybridized carbons (Fsp3) is 0.250. The van der Waals surface area contributed by atoms with Gasteiger partial charge in [0.2, 0.25) is 5.78 Å². The second-order valence-electron chi connectivity index (χ2n) is 2.94. The third-order valence-corrected chi connectivity index (χ3v) is 2.16. The van der Waals surface area contributed by atoms with Gasteiger partial charge < -0.3 is 10.1 Å². The highest BCUT2D eigenvalue weighted by atomic mass is 16.4. The van der Waals surface area contributed by atoms with Crippen LogP contribution < -0.4 is 0 Å². The van der Waals surface area contributed by atoms with Crippen molar-refractivity contribution in [1.82, 2.24) is 14.4 Å². The van der Waals surface area contributed by atoms with Crippen molar-refractivity contribution in [2.24, 2.45) is 0 Å². The summed E-state index contributed by atoms with van der Waals surface area (Å²) < 4.78 is 1.59. The Kier molecular flexibility index (Phi) is 1.42. The van der Waals surface area contributed by atoms with Crippen LogP contribution >= 0.6 is 0 Å². The third kappa shape index (κ3) is 0.932. The van der Waals surface area contributed by atoms with Gasteiger partial charge in [-0.25, -0.2) is 9.78 Å². The summed E-state index contributed by atoms with van der Waals surface area (Å²) in [7, 11) is 0. The van der Waals surface area contributed by atoms with E-state index in [4.69, 9.17) is 5.11 Å². The molecule has 2 aromatic rings. The molecule has 5 heteroatoms. The van der Waals surface area contributed by atoms with Crippen LogP contribution in [0.4, 0.5) is 0 Å². The fourth-order valence-electron chi connectivity index (χ4n) is 1.36. The summed E-state index contributed by atoms with van der Waals surface area (Å²) in [4.78, 5) is 17.7. The maximum Gasteiger partial charge on any atom is 0.354 e. The van der Waals surface area contributed by atoms with E-state index in [1.807, 2.05) is 13.8 Å². The molecule has 0 radical (unpaired) electrons. The average molecular weight is 179 g/mol. The van der Waals surface area contributed by atoms with Crippen molar-refractivity contribution in [3.05, 3.63) is 23.3 Å². The number of rotatable bonds is 1. The van der Waals surface area contributed by atoms with Crippen molar-refractivity contribution in [2.45, 2.75) is 13.8 Å². The number of carboxylic acid groups (broad SMARTS) is 1. The number of H-pyrrole nitrogens is 1. The summed E-state index contributed by atoms with van der Waals surface area (Å²) in [6.45, 7) is 3.74. The van der Waals surface area contributed by atoms with Crippen LogP contribution in [0.2, 0.25) is 0 Å². The first-order valence-electron chi connectivity index (χ1n) is 3.87. The molecule has 0 aromatic carbocycles. The molecule has 0 fully saturated rings. The van der Waals surface area contributed by atoms with Crippen molar-refractivity contribution in [1.29, 1.82) is 0 Å². The Labute approximate surface area is 74.0 Å². The van der Waals surface area contributed by atoms with Crippen LogP contribution in [0.1, 0.15) is 21.9 Å². The SMILES string of the molecule is Cc1[nH]c2ncc(C(=O)O)n2c1C. The summed E-state index contributed by atoms with van der Waals surface area (Å²) in [6, 6.07) is 0. The summed E-state index contributed by atoms with van der Waals surface area (Å²) in [5, 5.41) is 8.83. The van der Waals surface area contributed by atoms with Crippen LogP contribution in [0.5, 0.6) is 0 Å². The first-order chi connectivity index (χ1) is 6.11. The summed E-state index contributed by atoms with van der Waals surface area (Å²) in [6.07, 6.45) is 1.35. The van der Waals surface area contributed by atoms with Gasteiger partial charge in [-0.2, -0.15) is 0 Å². The van der Waals surface area contributed by atoms with Gasteiger partial charge in [0.15, 0.2) is 5.69 Å². The lowest BCUT2D eigenvalue weighted by atomic mass is 10.4. The maximum atomic E-state index is 10.8. The quantitative estimate of drug-likeness (QED) is 0.685. The number of nitrogens with zero attached hydrogens (tertiary/aromatic N) is 2. The lowest BCUT2D eigenvalue weighted by Gasteiger charge is -1.93. The molecular weight excluding hydrogens is 170 g/mol. The minimum absolute atomic E-state index is 0.192. The normalized spacial score (nSPS) is 10.9. The zero-order chi connectivity index (χ0) is 9.59. The Balaban J connectivity index is 2.85. The second kappa shape index (κ2) is 2.35. The molecule has 0 unspecified atom stereocenters. The van der Waals surface area contributed by atoms with E-state index >= 15 is 0 Å². The molecule has 0 spiro atoms. The largest absolute Gasteiger partial charge is 0.477 e. The van der Waals surface area contributed by atoms with E-state index in [1.165, 1.54) is 6.20 Å². The Bertz CT molecular complexity index is 481. The van der Waals surface area contributed by atoms with E-state index in [-0.39, 0.29) is 5.69 Å². The second-order valence-corrected chi connectivity index (χ2v) is 2.94. The van der Waals surface area contributed by atoms with Crippen molar-refractivity contribution in [2.75, 3.05) is 0 Å². The Morgan fingerprint density at radius 2 is 2.31 bits per heavy atom. The Morgan fingerprint density at radius 3 is 2.92 bits per heavy atom. The van der Waals surface area contributed by atoms with Crippen LogP contribution in [-0.2, 0) is 0 Å². The molecule has 13 heavy (non-hydrogen) atoms. The van der Waals surface area contributed by atoms with Gasteiger partial charge in [-0.3, -0.25) is 4.40 Å². The molecule has 2 N–H and O–H groups in total. The number of carboxylic acids is 1. The monoisotopic (exact) mass is 179 g/mol. The van der Waals surface area contributed by atoms with Gasteiger partial charge in [-0.15, -0.1) is 0 Å². The van der Waals surface area contributed by atoms with Crippen LogP contribution in [0, 0.1) is 13.8 Å². The number of aromatic nitrogens is 3. The smallest absolute Gasteiger partial charge is 0.354 e. The van der Waals surface area contributed by atoms with Crippen LogP contribution in [0.25, 0.3) is 5.78 Å². The first kappa shape index (κ1) is 7.85. The molecule has 2 rings (SSSR count). The highest BCUT2D eigenvalue weighted by molar-refractivity contribution is 5.86. The zero-order valence-electron chi connectivity index (χ0n) is 7.33. The number of imidazole rings is 2. The minimum Gasteiger partial charge on any atom is -0.477 e. The van der Waals surface area contributed by atoms with Gasteiger partial charge >= 0.3 is 5.97 Å². The van der Waals surface area contributed by atoms with E-state index in [9.17, 15) is 4.79 Å². The zero-order valence-corrected chi connectivity index (χ0v) is 7.33. The first-order valence-corrected chi connectivity index (χ1v) is 3.87. The minimum atomic E-state index is -0.963. The van der Waals surface area contributed by atoms with Gasteiger partial charge in [0.1, 0.15) is 0 Å². The third-order valence-electron chi connectivity index (χ3n) is 2.16. The molecule has 0 saturated carbocycles. The van der Waals surface area contributed by atoms with E-state index in [0.29, 0.717) is 5.78 Å². The number of aromatic carboxylic acids is 1. The molecule has 0 aliphatic carbocycles. The predicted octanol–water partition coefficient (Wildman–Crippen LogP) is 0.977. The van der Waals surface area contributed by atoms with Gasteiger partial charge in [0.05, 0.1) is 6.20 Å². The van der Waals surface area contributed by atoms with Crippen molar-refractivity contribution in [3.63, 3.8) is 0 Å². The summed E-state index contributed by atoms with van der Waals surface area (Å²) in [5.74, 6) is -0.387. The lowest BCUT2D eigenvalue weighted by Crippen LogP contribution is -2.01. The average Bonchev–Trinajstić information content (AvgIpc) is 2.55. The highest BCUT2D eigenvalue weighted by Crippen LogP contribution is 2.12. The molecule has 0 aliphatic rings. The van der Waals surface area contributed by atoms with Crippen molar-refractivity contribution in [3.8, 4) is 0 Å². The number of hydrogen-bond acceptors (Lipinski definition) is 2. The molecular formula is C8H9N3O2. The molecule has 2 heterocycles. The number of fused-ring (bicyclic) bond motifs is 1. The lowest BCUT2D eigenvalue weighted by molar-refractivity contribution is 0.0689. The fourth-order valence-corrected chi connectivity index (χ4v) is 1.36. The molecule has 0 aliphatic heterocycles. The predicted molar refractivity (Wildman–Crippen MR) is 46.0 cm³/mol. The van der Waals surface area contributed by atoms with E-state index in [0.717, 1.165) is 11.4 Å². The topological polar surface area (TPSA) is 70.4 Å². The molecule has 0 atom stereocenters. The molecule has 68 valence electrons. The van der Waals surface area contributed by atoms with E-state index in [1.54, 1.807) is 4.40 Å². The van der Waals surface area contributed by atoms with Gasteiger partial charge in [0.25, 0.3) is 0 Å². The van der Waals surface area contributed by atoms with Crippen LogP contribution in [0.3, 0.4) is 0 Å². The van der Waals surface area contributed by atoms with E-state index in [2.05, 4.69) is 9.97 Å². The molecule has 0 saturated heterocycles. The number of aromatic amines is 1. The molecule has 5 nitrogen and oxygen atoms in total. The standard InChI is InChI=1S/C8H9N3O2/c1-4-5(2)11-6(7(12)13)3-9-8(11)10-4/h3H,1-2H3,(H,9,10)(H,12,13). The molecule has 2 aromatic heterocycles. The van der Waals surface area contributed by atoms with Crippen molar-refractivity contribution < 1.29 is 9.90 Å². The Morgan fingerprint density at radius 1 is 1.62 bits per heavy atom. The van der Waals surface area contributed by atoms with Crippen molar-refractivity contribution >= 4 is 11.7 Å². The Hall–Kier alpha value is -1.78. The van der Waals surface area contributed by atoms with Crippen LogP contribution in [-0.4, -0.2) is 25.4 Å². The summed E-state index contributed by atoms with van der Waals surface area (Å²) in [5.41, 5.74) is 2.01. The van der Waals surface area contributed by atoms with Gasteiger partial charge in [0, 0.05) is 11.4 Å². The molecule has 0 amide bonds. The number of hydrogen-bond donors (Lipinski definition) is 2.